The van der Waals surface area contributed by atoms with Gasteiger partial charge in [-0.3, -0.25) is 9.59 Å². The highest BCUT2D eigenvalue weighted by molar-refractivity contribution is 6.05. The molecule has 1 amide bonds. The average molecular weight is 275 g/mol. The van der Waals surface area contributed by atoms with Crippen LogP contribution in [0, 0.1) is 0 Å². The summed E-state index contributed by atoms with van der Waals surface area (Å²) in [6.45, 7) is 1.56. The highest BCUT2D eigenvalue weighted by atomic mass is 19.4. The fraction of sp³-hybridized carbons (Fsp3) is 0.333. The average Bonchev–Trinajstić information content (AvgIpc) is 2.27. The molecule has 0 bridgehead atoms. The number of carbonyl (C=O) groups is 2. The minimum Gasteiger partial charge on any atom is -0.373 e. The largest absolute Gasteiger partial charge is 0.426 e. The van der Waals surface area contributed by atoms with Crippen molar-refractivity contribution in [1.82, 2.24) is 0 Å². The van der Waals surface area contributed by atoms with E-state index in [4.69, 9.17) is 0 Å². The Hall–Kier alpha value is -1.89. The number of rotatable bonds is 3. The fourth-order valence-corrected chi connectivity index (χ4v) is 1.27. The maximum Gasteiger partial charge on any atom is 0.426 e. The summed E-state index contributed by atoms with van der Waals surface area (Å²) < 4.78 is 37.4. The molecule has 1 aromatic rings. The predicted molar refractivity (Wildman–Crippen MR) is 61.8 cm³/mol. The van der Waals surface area contributed by atoms with Crippen LogP contribution in [0.2, 0.25) is 0 Å². The first-order chi connectivity index (χ1) is 8.57. The van der Waals surface area contributed by atoms with Gasteiger partial charge in [0.15, 0.2) is 5.78 Å². The summed E-state index contributed by atoms with van der Waals surface area (Å²) in [5.41, 5.74) is -3.55. The molecule has 0 saturated heterocycles. The third-order valence-corrected chi connectivity index (χ3v) is 2.55. The van der Waals surface area contributed by atoms with Gasteiger partial charge in [0.25, 0.3) is 5.91 Å². The quantitative estimate of drug-likeness (QED) is 0.830. The van der Waals surface area contributed by atoms with E-state index < -0.39 is 23.5 Å². The van der Waals surface area contributed by atoms with E-state index in [1.54, 1.807) is 0 Å². The van der Waals surface area contributed by atoms with E-state index in [9.17, 15) is 27.9 Å². The lowest BCUT2D eigenvalue weighted by atomic mass is 10.0. The monoisotopic (exact) mass is 275 g/mol. The van der Waals surface area contributed by atoms with Crippen molar-refractivity contribution in [2.45, 2.75) is 25.6 Å². The van der Waals surface area contributed by atoms with Crippen LogP contribution in [-0.4, -0.2) is 28.6 Å². The molecule has 0 unspecified atom stereocenters. The minimum atomic E-state index is -5.11. The molecule has 4 nitrogen and oxygen atoms in total. The van der Waals surface area contributed by atoms with Crippen molar-refractivity contribution in [3.63, 3.8) is 0 Å². The first-order valence-electron chi connectivity index (χ1n) is 5.28. The zero-order valence-corrected chi connectivity index (χ0v) is 10.2. The van der Waals surface area contributed by atoms with E-state index in [0.717, 1.165) is 0 Å². The first kappa shape index (κ1) is 15.2. The summed E-state index contributed by atoms with van der Waals surface area (Å²) in [5.74, 6) is -2.06. The second kappa shape index (κ2) is 5.00. The zero-order valence-electron chi connectivity index (χ0n) is 10.2. The number of alkyl halides is 3. The second-order valence-corrected chi connectivity index (χ2v) is 4.13. The molecule has 1 atom stereocenters. The maximum atomic E-state index is 12.5. The standard InChI is InChI=1S/C12H12F3NO3/c1-7(17)8-5-3-4-6-9(8)16-10(18)11(2,19)12(13,14)15/h3-6,19H,1-2H3,(H,16,18)/t11-/m1/s1. The molecule has 0 spiro atoms. The Labute approximate surface area is 107 Å². The van der Waals surface area contributed by atoms with Gasteiger partial charge in [-0.1, -0.05) is 12.1 Å². The van der Waals surface area contributed by atoms with E-state index in [1.165, 1.54) is 31.2 Å². The van der Waals surface area contributed by atoms with E-state index >= 15 is 0 Å². The normalized spacial score (nSPS) is 14.6. The Morgan fingerprint density at radius 2 is 1.74 bits per heavy atom. The van der Waals surface area contributed by atoms with Gasteiger partial charge in [0, 0.05) is 5.56 Å². The van der Waals surface area contributed by atoms with Gasteiger partial charge in [-0.25, -0.2) is 0 Å². The van der Waals surface area contributed by atoms with Gasteiger partial charge in [0.1, 0.15) is 0 Å². The molecule has 0 aliphatic heterocycles. The summed E-state index contributed by atoms with van der Waals surface area (Å²) in [6, 6.07) is 5.60. The van der Waals surface area contributed by atoms with Crippen LogP contribution in [0.3, 0.4) is 0 Å². The van der Waals surface area contributed by atoms with Gasteiger partial charge >= 0.3 is 6.18 Å². The van der Waals surface area contributed by atoms with Crippen LogP contribution in [0.25, 0.3) is 0 Å². The SMILES string of the molecule is CC(=O)c1ccccc1NC(=O)[C@@](C)(O)C(F)(F)F. The summed E-state index contributed by atoms with van der Waals surface area (Å²) in [7, 11) is 0. The van der Waals surface area contributed by atoms with E-state index in [-0.39, 0.29) is 11.3 Å². The van der Waals surface area contributed by atoms with Gasteiger partial charge in [0.2, 0.25) is 5.60 Å². The van der Waals surface area contributed by atoms with Crippen molar-refractivity contribution >= 4 is 17.4 Å². The van der Waals surface area contributed by atoms with Crippen molar-refractivity contribution in [3.8, 4) is 0 Å². The van der Waals surface area contributed by atoms with Crippen LogP contribution in [0.4, 0.5) is 18.9 Å². The van der Waals surface area contributed by atoms with Crippen molar-refractivity contribution in [3.05, 3.63) is 29.8 Å². The molecule has 0 saturated carbocycles. The van der Waals surface area contributed by atoms with Crippen LogP contribution >= 0.6 is 0 Å². The molecule has 0 fully saturated rings. The molecular formula is C12H12F3NO3. The minimum absolute atomic E-state index is 0.0637. The predicted octanol–water partition coefficient (Wildman–Crippen LogP) is 2.14. The number of hydrogen-bond acceptors (Lipinski definition) is 3. The van der Waals surface area contributed by atoms with Crippen molar-refractivity contribution < 1.29 is 27.9 Å². The highest BCUT2D eigenvalue weighted by Gasteiger charge is 2.55. The van der Waals surface area contributed by atoms with Crippen LogP contribution in [0.5, 0.6) is 0 Å². The van der Waals surface area contributed by atoms with Crippen LogP contribution in [-0.2, 0) is 4.79 Å². The molecule has 1 aromatic carbocycles. The Balaban J connectivity index is 3.05. The molecule has 104 valence electrons. The molecule has 0 aliphatic carbocycles. The second-order valence-electron chi connectivity index (χ2n) is 4.13. The summed E-state index contributed by atoms with van der Waals surface area (Å²) >= 11 is 0. The third kappa shape index (κ3) is 3.11. The number of nitrogens with one attached hydrogen (secondary N) is 1. The number of benzene rings is 1. The zero-order chi connectivity index (χ0) is 14.8. The first-order valence-corrected chi connectivity index (χ1v) is 5.28. The smallest absolute Gasteiger partial charge is 0.373 e. The number of ketones is 1. The Bertz CT molecular complexity index is 509. The van der Waals surface area contributed by atoms with Crippen molar-refractivity contribution in [1.29, 1.82) is 0 Å². The summed E-state index contributed by atoms with van der Waals surface area (Å²) in [4.78, 5) is 22.7. The lowest BCUT2D eigenvalue weighted by Gasteiger charge is -2.25. The molecule has 0 heterocycles. The number of amides is 1. The topological polar surface area (TPSA) is 66.4 Å². The third-order valence-electron chi connectivity index (χ3n) is 2.55. The Morgan fingerprint density at radius 3 is 2.21 bits per heavy atom. The van der Waals surface area contributed by atoms with Crippen molar-refractivity contribution in [2.75, 3.05) is 5.32 Å². The van der Waals surface area contributed by atoms with Gasteiger partial charge < -0.3 is 10.4 Å². The number of anilines is 1. The highest BCUT2D eigenvalue weighted by Crippen LogP contribution is 2.31. The van der Waals surface area contributed by atoms with Gasteiger partial charge in [-0.05, 0) is 26.0 Å². The lowest BCUT2D eigenvalue weighted by Crippen LogP contribution is -2.52. The molecule has 1 rings (SSSR count). The lowest BCUT2D eigenvalue weighted by molar-refractivity contribution is -0.242. The van der Waals surface area contributed by atoms with Crippen LogP contribution in [0.1, 0.15) is 24.2 Å². The fourth-order valence-electron chi connectivity index (χ4n) is 1.27. The molecule has 7 heteroatoms. The molecular weight excluding hydrogens is 263 g/mol. The number of halogens is 3. The van der Waals surface area contributed by atoms with E-state index in [2.05, 4.69) is 0 Å². The molecule has 19 heavy (non-hydrogen) atoms. The van der Waals surface area contributed by atoms with E-state index in [1.807, 2.05) is 5.32 Å². The van der Waals surface area contributed by atoms with Gasteiger partial charge in [0.05, 0.1) is 5.69 Å². The molecule has 2 N–H and O–H groups in total. The number of hydrogen-bond donors (Lipinski definition) is 2. The van der Waals surface area contributed by atoms with E-state index in [0.29, 0.717) is 6.92 Å². The van der Waals surface area contributed by atoms with Crippen LogP contribution < -0.4 is 5.32 Å². The molecule has 0 radical (unpaired) electrons. The number of carbonyl (C=O) groups excluding carboxylic acids is 2. The van der Waals surface area contributed by atoms with Gasteiger partial charge in [-0.15, -0.1) is 0 Å². The summed E-state index contributed by atoms with van der Waals surface area (Å²) in [5, 5.41) is 11.1. The Kier molecular flexibility index (Phi) is 4.00. The maximum absolute atomic E-state index is 12.5. The Morgan fingerprint density at radius 1 is 1.21 bits per heavy atom. The van der Waals surface area contributed by atoms with Crippen molar-refractivity contribution in [2.24, 2.45) is 0 Å². The number of aliphatic hydroxyl groups is 1. The molecule has 0 aromatic heterocycles. The molecule has 0 aliphatic rings. The van der Waals surface area contributed by atoms with Crippen LogP contribution in [0.15, 0.2) is 24.3 Å². The number of para-hydroxylation sites is 1. The summed E-state index contributed by atoms with van der Waals surface area (Å²) in [6.07, 6.45) is -5.11. The van der Waals surface area contributed by atoms with Gasteiger partial charge in [-0.2, -0.15) is 13.2 Å². The number of Topliss-reactive ketones (excluding diaryl/α,β-unsaturated/α-hetero) is 1.